The summed E-state index contributed by atoms with van der Waals surface area (Å²) in [6, 6.07) is 23.8. The van der Waals surface area contributed by atoms with Crippen LogP contribution in [0.4, 0.5) is 4.39 Å². The van der Waals surface area contributed by atoms with Gasteiger partial charge in [0.25, 0.3) is 0 Å². The van der Waals surface area contributed by atoms with E-state index in [-0.39, 0.29) is 55.1 Å². The van der Waals surface area contributed by atoms with Crippen molar-refractivity contribution in [3.05, 3.63) is 107 Å². The van der Waals surface area contributed by atoms with Crippen LogP contribution in [-0.4, -0.2) is 45.0 Å². The fourth-order valence-corrected chi connectivity index (χ4v) is 6.95. The number of carbonyl (C=O) groups is 2. The Morgan fingerprint density at radius 1 is 0.920 bits per heavy atom. The number of rotatable bonds is 12. The molecule has 8 heteroatoms. The highest BCUT2D eigenvalue weighted by atomic mass is 19.1. The number of hydrogen-bond donors (Lipinski definition) is 1. The molecule has 1 saturated heterocycles. The Hall–Kier alpha value is -4.11. The zero-order valence-corrected chi connectivity index (χ0v) is 30.3. The molecule has 7 nitrogen and oxygen atoms in total. The lowest BCUT2D eigenvalue weighted by Gasteiger charge is -2.41. The molecule has 1 N–H and O–H groups in total. The van der Waals surface area contributed by atoms with Gasteiger partial charge in [0.2, 0.25) is 0 Å². The molecule has 5 rings (SSSR count). The van der Waals surface area contributed by atoms with Gasteiger partial charge in [-0.1, -0.05) is 68.4 Å². The summed E-state index contributed by atoms with van der Waals surface area (Å²) >= 11 is 0. The number of nitrogens with zero attached hydrogens (tertiary/aromatic N) is 1. The van der Waals surface area contributed by atoms with Gasteiger partial charge < -0.3 is 23.9 Å². The maximum absolute atomic E-state index is 14.6. The zero-order chi connectivity index (χ0) is 36.2. The van der Waals surface area contributed by atoms with Crippen molar-refractivity contribution in [2.45, 2.75) is 117 Å². The molecular weight excluding hydrogens is 633 g/mol. The number of aliphatic hydroxyl groups excluding tert-OH is 1. The Balaban J connectivity index is 1.59. The number of aliphatic hydroxyl groups is 1. The maximum Gasteiger partial charge on any atom is 0.308 e. The summed E-state index contributed by atoms with van der Waals surface area (Å²) in [5.41, 5.74) is 5.94. The Morgan fingerprint density at radius 3 is 2.14 bits per heavy atom. The lowest BCUT2D eigenvalue weighted by Crippen LogP contribution is -2.46. The molecule has 266 valence electrons. The van der Waals surface area contributed by atoms with Crippen LogP contribution in [0.3, 0.4) is 0 Å². The molecule has 50 heavy (non-hydrogen) atoms. The number of ketones is 1. The van der Waals surface area contributed by atoms with E-state index in [1.54, 1.807) is 12.1 Å². The first-order chi connectivity index (χ1) is 23.6. The zero-order valence-electron chi connectivity index (χ0n) is 30.3. The van der Waals surface area contributed by atoms with Gasteiger partial charge in [0.15, 0.2) is 11.6 Å². The normalized spacial score (nSPS) is 17.6. The number of benzene rings is 3. The first-order valence-electron chi connectivity index (χ1n) is 17.5. The van der Waals surface area contributed by atoms with Crippen LogP contribution in [0.25, 0.3) is 22.4 Å². The van der Waals surface area contributed by atoms with Crippen molar-refractivity contribution < 1.29 is 33.3 Å². The Kier molecular flexibility index (Phi) is 11.5. The first kappa shape index (κ1) is 37.2. The number of halogens is 1. The summed E-state index contributed by atoms with van der Waals surface area (Å²) in [5, 5.41) is 9.54. The quantitative estimate of drug-likeness (QED) is 0.119. The molecule has 0 unspecified atom stereocenters. The van der Waals surface area contributed by atoms with Crippen molar-refractivity contribution in [1.29, 1.82) is 0 Å². The second-order valence-corrected chi connectivity index (χ2v) is 14.9. The molecule has 0 bridgehead atoms. The average molecular weight is 684 g/mol. The van der Waals surface area contributed by atoms with Crippen molar-refractivity contribution in [3.8, 4) is 22.4 Å². The summed E-state index contributed by atoms with van der Waals surface area (Å²) in [4.78, 5) is 27.3. The molecule has 1 aromatic heterocycles. The minimum absolute atomic E-state index is 0.0210. The van der Waals surface area contributed by atoms with Crippen molar-refractivity contribution >= 4 is 11.8 Å². The molecule has 0 amide bonds. The molecule has 0 saturated carbocycles. The molecule has 1 fully saturated rings. The average Bonchev–Trinajstić information content (AvgIpc) is 3.39. The predicted octanol–water partition coefficient (Wildman–Crippen LogP) is 9.03. The van der Waals surface area contributed by atoms with Crippen LogP contribution in [0.5, 0.6) is 0 Å². The third-order valence-corrected chi connectivity index (χ3v) is 8.80. The topological polar surface area (TPSA) is 87.0 Å². The van der Waals surface area contributed by atoms with E-state index < -0.39 is 11.4 Å². The number of hydrogen-bond acceptors (Lipinski definition) is 6. The molecule has 3 aromatic carbocycles. The van der Waals surface area contributed by atoms with E-state index in [4.69, 9.17) is 14.2 Å². The number of carbonyl (C=O) groups excluding carboxylic acids is 2. The summed E-state index contributed by atoms with van der Waals surface area (Å²) < 4.78 is 34.7. The third kappa shape index (κ3) is 9.16. The smallest absolute Gasteiger partial charge is 0.308 e. The van der Waals surface area contributed by atoms with Crippen LogP contribution in [0, 0.1) is 5.82 Å². The van der Waals surface area contributed by atoms with Crippen LogP contribution in [0.2, 0.25) is 0 Å². The Morgan fingerprint density at radius 2 is 1.54 bits per heavy atom. The van der Waals surface area contributed by atoms with Gasteiger partial charge >= 0.3 is 5.97 Å². The van der Waals surface area contributed by atoms with Crippen molar-refractivity contribution in [1.82, 2.24) is 4.57 Å². The van der Waals surface area contributed by atoms with Crippen molar-refractivity contribution in [3.63, 3.8) is 0 Å². The van der Waals surface area contributed by atoms with Crippen molar-refractivity contribution in [2.75, 3.05) is 0 Å². The Bertz CT molecular complexity index is 1770. The molecule has 0 radical (unpaired) electrons. The Labute approximate surface area is 295 Å². The molecule has 4 aromatic rings. The van der Waals surface area contributed by atoms with E-state index >= 15 is 0 Å². The van der Waals surface area contributed by atoms with E-state index in [0.29, 0.717) is 24.9 Å². The monoisotopic (exact) mass is 683 g/mol. The van der Waals surface area contributed by atoms with Crippen molar-refractivity contribution in [2.24, 2.45) is 0 Å². The lowest BCUT2D eigenvalue weighted by atomic mass is 9.90. The number of aromatic nitrogens is 1. The second kappa shape index (κ2) is 15.4. The first-order valence-corrected chi connectivity index (χ1v) is 17.5. The summed E-state index contributed by atoms with van der Waals surface area (Å²) in [7, 11) is 0. The molecule has 0 spiro atoms. The minimum Gasteiger partial charge on any atom is -0.460 e. The molecule has 2 heterocycles. The second-order valence-electron chi connectivity index (χ2n) is 14.9. The van der Waals surface area contributed by atoms with Crippen LogP contribution in [0.1, 0.15) is 101 Å². The molecule has 1 aliphatic heterocycles. The molecular formula is C42H50FNO6. The fraction of sp³-hybridized carbons (Fsp3) is 0.429. The third-order valence-electron chi connectivity index (χ3n) is 8.80. The van der Waals surface area contributed by atoms with Crippen LogP contribution in [0.15, 0.2) is 78.9 Å². The van der Waals surface area contributed by atoms with E-state index in [9.17, 15) is 19.1 Å². The number of Topliss-reactive ketones (excluding diaryl/α,β-unsaturated/α-hetero) is 1. The summed E-state index contributed by atoms with van der Waals surface area (Å²) in [5.74, 6) is -1.61. The van der Waals surface area contributed by atoms with Crippen LogP contribution < -0.4 is 0 Å². The van der Waals surface area contributed by atoms with Gasteiger partial charge in [0.1, 0.15) is 11.4 Å². The van der Waals surface area contributed by atoms with Gasteiger partial charge in [-0.3, -0.25) is 9.59 Å². The summed E-state index contributed by atoms with van der Waals surface area (Å²) in [6.45, 7) is 13.9. The van der Waals surface area contributed by atoms with Gasteiger partial charge in [-0.2, -0.15) is 0 Å². The van der Waals surface area contributed by atoms with E-state index in [1.807, 2.05) is 89.2 Å². The fourth-order valence-electron chi connectivity index (χ4n) is 6.95. The van der Waals surface area contributed by atoms with E-state index in [0.717, 1.165) is 39.2 Å². The van der Waals surface area contributed by atoms with E-state index in [1.165, 1.54) is 12.1 Å². The molecule has 1 aliphatic rings. The predicted molar refractivity (Wildman–Crippen MR) is 193 cm³/mol. The largest absolute Gasteiger partial charge is 0.460 e. The highest BCUT2D eigenvalue weighted by Gasteiger charge is 2.38. The standard InChI is InChI=1S/C42H50FNO6/c1-27(2)39-38(35(46)23-28-13-15-29(26-45)16-14-28)37(30-11-9-8-10-12-30)40(31-17-19-32(43)20-18-31)44(39)22-21-33-24-34(49-42(6,7)48-33)25-36(47)50-41(3,4)5/h8-20,27,33-34,45H,21-26H2,1-7H3/t33-,34-/m1/s1. The SMILES string of the molecule is CC(C)c1c(C(=O)Cc2ccc(CO)cc2)c(-c2ccccc2)c(-c2ccc(F)cc2)n1CC[C@@H]1C[C@H](CC(=O)OC(C)(C)C)OC(C)(C)O1. The lowest BCUT2D eigenvalue weighted by molar-refractivity contribution is -0.301. The van der Waals surface area contributed by atoms with Gasteiger partial charge in [-0.15, -0.1) is 0 Å². The molecule has 0 aliphatic carbocycles. The highest BCUT2D eigenvalue weighted by Crippen LogP contribution is 2.43. The van der Waals surface area contributed by atoms with Gasteiger partial charge in [0, 0.05) is 36.2 Å². The van der Waals surface area contributed by atoms with Crippen LogP contribution in [-0.2, 0) is 38.6 Å². The number of esters is 1. The van der Waals surface area contributed by atoms with E-state index in [2.05, 4.69) is 18.4 Å². The van der Waals surface area contributed by atoms with Gasteiger partial charge in [-0.25, -0.2) is 4.39 Å². The van der Waals surface area contributed by atoms with Gasteiger partial charge in [0.05, 0.1) is 30.9 Å². The maximum atomic E-state index is 14.6. The highest BCUT2D eigenvalue weighted by molar-refractivity contribution is 6.08. The van der Waals surface area contributed by atoms with Gasteiger partial charge in [-0.05, 0) is 93.5 Å². The minimum atomic E-state index is -0.908. The number of ether oxygens (including phenoxy) is 3. The van der Waals surface area contributed by atoms with Crippen LogP contribution >= 0.6 is 0 Å². The summed E-state index contributed by atoms with van der Waals surface area (Å²) in [6.07, 6.45) is 0.788. The molecule has 2 atom stereocenters.